The van der Waals surface area contributed by atoms with Crippen molar-refractivity contribution in [2.24, 2.45) is 5.73 Å². The molecule has 1 amide bonds. The Labute approximate surface area is 92.4 Å². The maximum absolute atomic E-state index is 11.8. The Balaban J connectivity index is 2.40. The fourth-order valence-corrected chi connectivity index (χ4v) is 1.77. The first kappa shape index (κ1) is 12.5. The van der Waals surface area contributed by atoms with Gasteiger partial charge >= 0.3 is 0 Å². The lowest BCUT2D eigenvalue weighted by Crippen LogP contribution is -2.52. The third-order valence-electron chi connectivity index (χ3n) is 3.27. The molecule has 4 heteroatoms. The van der Waals surface area contributed by atoms with Crippen molar-refractivity contribution in [3.8, 4) is 0 Å². The zero-order valence-electron chi connectivity index (χ0n) is 10.1. The number of carbonyl (C=O) groups excluding carboxylic acids is 1. The molecular weight excluding hydrogens is 190 g/mol. The second-order valence-electron chi connectivity index (χ2n) is 4.54. The van der Waals surface area contributed by atoms with Crippen molar-refractivity contribution in [1.29, 1.82) is 0 Å². The van der Waals surface area contributed by atoms with Gasteiger partial charge in [-0.15, -0.1) is 0 Å². The van der Waals surface area contributed by atoms with Gasteiger partial charge in [0, 0.05) is 38.1 Å². The van der Waals surface area contributed by atoms with E-state index < -0.39 is 0 Å². The van der Waals surface area contributed by atoms with Gasteiger partial charge in [0.25, 0.3) is 0 Å². The lowest BCUT2D eigenvalue weighted by molar-refractivity contribution is -0.134. The number of hydrogen-bond donors (Lipinski definition) is 1. The first-order valence-corrected chi connectivity index (χ1v) is 5.78. The summed E-state index contributed by atoms with van der Waals surface area (Å²) in [5.41, 5.74) is 5.78. The van der Waals surface area contributed by atoms with Crippen molar-refractivity contribution in [1.82, 2.24) is 9.80 Å². The Morgan fingerprint density at radius 2 is 2.20 bits per heavy atom. The average molecular weight is 213 g/mol. The molecule has 0 aromatic heterocycles. The van der Waals surface area contributed by atoms with E-state index in [9.17, 15) is 4.79 Å². The molecule has 0 aromatic rings. The van der Waals surface area contributed by atoms with Gasteiger partial charge in [-0.2, -0.15) is 0 Å². The Morgan fingerprint density at radius 1 is 1.53 bits per heavy atom. The zero-order valence-corrected chi connectivity index (χ0v) is 10.1. The topological polar surface area (TPSA) is 49.6 Å². The minimum atomic E-state index is 0.0208. The van der Waals surface area contributed by atoms with E-state index in [1.807, 2.05) is 11.8 Å². The molecular formula is C11H23N3O. The van der Waals surface area contributed by atoms with Crippen molar-refractivity contribution in [2.75, 3.05) is 26.7 Å². The monoisotopic (exact) mass is 213 g/mol. The van der Waals surface area contributed by atoms with Crippen LogP contribution in [-0.4, -0.2) is 54.5 Å². The number of nitrogens with zero attached hydrogens (tertiary/aromatic N) is 2. The molecule has 0 aromatic carbocycles. The lowest BCUT2D eigenvalue weighted by atomic mass is 10.1. The molecule has 0 aliphatic carbocycles. The predicted octanol–water partition coefficient (Wildman–Crippen LogP) is 0.276. The molecule has 1 aliphatic rings. The molecule has 1 aliphatic heterocycles. The van der Waals surface area contributed by atoms with Crippen molar-refractivity contribution >= 4 is 5.91 Å². The van der Waals surface area contributed by atoms with E-state index in [1.165, 1.54) is 0 Å². The van der Waals surface area contributed by atoms with Gasteiger partial charge < -0.3 is 15.5 Å². The van der Waals surface area contributed by atoms with Crippen LogP contribution in [0.3, 0.4) is 0 Å². The van der Waals surface area contributed by atoms with Gasteiger partial charge in [-0.1, -0.05) is 6.92 Å². The molecule has 88 valence electrons. The van der Waals surface area contributed by atoms with Crippen LogP contribution in [0.4, 0.5) is 0 Å². The molecule has 0 saturated carbocycles. The minimum absolute atomic E-state index is 0.0208. The van der Waals surface area contributed by atoms with Crippen LogP contribution in [0.5, 0.6) is 0 Å². The van der Waals surface area contributed by atoms with Crippen LogP contribution in [0, 0.1) is 0 Å². The van der Waals surface area contributed by atoms with Gasteiger partial charge in [0.15, 0.2) is 0 Å². The largest absolute Gasteiger partial charge is 0.340 e. The first-order valence-electron chi connectivity index (χ1n) is 5.78. The summed E-state index contributed by atoms with van der Waals surface area (Å²) in [6.45, 7) is 6.82. The molecule has 2 unspecified atom stereocenters. The van der Waals surface area contributed by atoms with Crippen LogP contribution in [-0.2, 0) is 4.79 Å². The van der Waals surface area contributed by atoms with Gasteiger partial charge in [0.1, 0.15) is 0 Å². The molecule has 15 heavy (non-hydrogen) atoms. The van der Waals surface area contributed by atoms with E-state index in [-0.39, 0.29) is 11.9 Å². The summed E-state index contributed by atoms with van der Waals surface area (Å²) in [5.74, 6) is 0.212. The van der Waals surface area contributed by atoms with Crippen molar-refractivity contribution in [3.63, 3.8) is 0 Å². The molecule has 1 heterocycles. The van der Waals surface area contributed by atoms with Crippen LogP contribution >= 0.6 is 0 Å². The summed E-state index contributed by atoms with van der Waals surface area (Å²) in [7, 11) is 2.10. The molecule has 0 radical (unpaired) electrons. The van der Waals surface area contributed by atoms with Gasteiger partial charge in [-0.05, 0) is 20.4 Å². The molecule has 2 N–H and O–H groups in total. The molecule has 1 fully saturated rings. The van der Waals surface area contributed by atoms with Crippen molar-refractivity contribution in [3.05, 3.63) is 0 Å². The lowest BCUT2D eigenvalue weighted by Gasteiger charge is -2.38. The molecule has 0 spiro atoms. The fraction of sp³-hybridized carbons (Fsp3) is 0.909. The van der Waals surface area contributed by atoms with E-state index in [1.54, 1.807) is 0 Å². The second kappa shape index (κ2) is 5.47. The van der Waals surface area contributed by atoms with Crippen molar-refractivity contribution < 1.29 is 4.79 Å². The van der Waals surface area contributed by atoms with E-state index in [0.717, 1.165) is 26.1 Å². The number of nitrogens with two attached hydrogens (primary N) is 1. The Kier molecular flexibility index (Phi) is 4.54. The van der Waals surface area contributed by atoms with Gasteiger partial charge in [0.2, 0.25) is 5.91 Å². The van der Waals surface area contributed by atoms with Crippen LogP contribution < -0.4 is 5.73 Å². The highest BCUT2D eigenvalue weighted by Crippen LogP contribution is 2.09. The zero-order chi connectivity index (χ0) is 11.4. The molecule has 1 saturated heterocycles. The van der Waals surface area contributed by atoms with Crippen LogP contribution in [0.15, 0.2) is 0 Å². The highest BCUT2D eigenvalue weighted by atomic mass is 16.2. The second-order valence-corrected chi connectivity index (χ2v) is 4.54. The number of piperazine rings is 1. The average Bonchev–Trinajstić information content (AvgIpc) is 2.21. The molecule has 2 atom stereocenters. The summed E-state index contributed by atoms with van der Waals surface area (Å²) in [6, 6.07) is 0.480. The van der Waals surface area contributed by atoms with E-state index in [4.69, 9.17) is 5.73 Å². The molecule has 0 bridgehead atoms. The predicted molar refractivity (Wildman–Crippen MR) is 61.6 cm³/mol. The molecule has 4 nitrogen and oxygen atoms in total. The highest BCUT2D eigenvalue weighted by Gasteiger charge is 2.24. The summed E-state index contributed by atoms with van der Waals surface area (Å²) >= 11 is 0. The first-order chi connectivity index (χ1) is 7.04. The fourth-order valence-electron chi connectivity index (χ4n) is 1.77. The highest BCUT2D eigenvalue weighted by molar-refractivity contribution is 5.77. The number of amides is 1. The van der Waals surface area contributed by atoms with Crippen LogP contribution in [0.2, 0.25) is 0 Å². The smallest absolute Gasteiger partial charge is 0.224 e. The SMILES string of the molecule is CCC(N)CC(=O)N1CCN(C)C(C)C1. The quantitative estimate of drug-likeness (QED) is 0.732. The summed E-state index contributed by atoms with van der Waals surface area (Å²) in [5, 5.41) is 0. The summed E-state index contributed by atoms with van der Waals surface area (Å²) < 4.78 is 0. The number of carbonyl (C=O) groups is 1. The third kappa shape index (κ3) is 3.47. The van der Waals surface area contributed by atoms with Crippen LogP contribution in [0.25, 0.3) is 0 Å². The van der Waals surface area contributed by atoms with Gasteiger partial charge in [-0.3, -0.25) is 4.79 Å². The summed E-state index contributed by atoms with van der Waals surface area (Å²) in [6.07, 6.45) is 1.36. The minimum Gasteiger partial charge on any atom is -0.340 e. The number of hydrogen-bond acceptors (Lipinski definition) is 3. The van der Waals surface area contributed by atoms with Crippen LogP contribution in [0.1, 0.15) is 26.7 Å². The maximum atomic E-state index is 11.8. The van der Waals surface area contributed by atoms with E-state index in [2.05, 4.69) is 18.9 Å². The van der Waals surface area contributed by atoms with Gasteiger partial charge in [-0.25, -0.2) is 0 Å². The summed E-state index contributed by atoms with van der Waals surface area (Å²) in [4.78, 5) is 16.1. The number of rotatable bonds is 3. The Morgan fingerprint density at radius 3 is 2.73 bits per heavy atom. The standard InChI is InChI=1S/C11H23N3O/c1-4-10(12)7-11(15)14-6-5-13(3)9(2)8-14/h9-10H,4-8,12H2,1-3H3. The van der Waals surface area contributed by atoms with E-state index >= 15 is 0 Å². The number of likely N-dealkylation sites (N-methyl/N-ethyl adjacent to an activating group) is 1. The maximum Gasteiger partial charge on any atom is 0.224 e. The third-order valence-corrected chi connectivity index (χ3v) is 3.27. The van der Waals surface area contributed by atoms with Crippen molar-refractivity contribution in [2.45, 2.75) is 38.8 Å². The Hall–Kier alpha value is -0.610. The molecule has 1 rings (SSSR count). The Bertz CT molecular complexity index is 220. The normalized spacial score (nSPS) is 25.3. The van der Waals surface area contributed by atoms with Gasteiger partial charge in [0.05, 0.1) is 0 Å². The van der Waals surface area contributed by atoms with E-state index in [0.29, 0.717) is 12.5 Å².